The van der Waals surface area contributed by atoms with E-state index in [-0.39, 0.29) is 6.03 Å². The number of hydrogen-bond donors (Lipinski definition) is 1. The molecule has 2 amide bonds. The van der Waals surface area contributed by atoms with Crippen LogP contribution in [0.5, 0.6) is 0 Å². The van der Waals surface area contributed by atoms with E-state index in [2.05, 4.69) is 5.32 Å². The van der Waals surface area contributed by atoms with Crippen molar-refractivity contribution in [3.63, 3.8) is 0 Å². The minimum absolute atomic E-state index is 0.307. The van der Waals surface area contributed by atoms with Crippen molar-refractivity contribution in [1.82, 2.24) is 4.90 Å². The quantitative estimate of drug-likeness (QED) is 0.588. The summed E-state index contributed by atoms with van der Waals surface area (Å²) in [5.74, 6) is 0. The molecule has 8 heteroatoms. The number of halogens is 3. The van der Waals surface area contributed by atoms with E-state index in [1.165, 1.54) is 18.4 Å². The van der Waals surface area contributed by atoms with Crippen molar-refractivity contribution in [2.75, 3.05) is 11.9 Å². The number of nitrogens with one attached hydrogen (secondary N) is 1. The third-order valence-corrected chi connectivity index (χ3v) is 4.85. The maximum atomic E-state index is 12.7. The molecule has 0 bridgehead atoms. The number of benzene rings is 1. The fourth-order valence-electron chi connectivity index (χ4n) is 2.50. The molecule has 0 spiro atoms. The van der Waals surface area contributed by atoms with Crippen LogP contribution in [0, 0.1) is 0 Å². The van der Waals surface area contributed by atoms with Crippen LogP contribution >= 0.6 is 11.3 Å². The van der Waals surface area contributed by atoms with Crippen LogP contribution < -0.4 is 5.32 Å². The first-order chi connectivity index (χ1) is 12.9. The van der Waals surface area contributed by atoms with Crippen LogP contribution in [-0.2, 0) is 19.1 Å². The number of hydrogen-bond acceptors (Lipinski definition) is 3. The molecule has 0 unspecified atom stereocenters. The first-order valence-corrected chi connectivity index (χ1v) is 9.06. The van der Waals surface area contributed by atoms with E-state index in [1.54, 1.807) is 28.6 Å². The molecule has 0 aliphatic heterocycles. The van der Waals surface area contributed by atoms with Gasteiger partial charge in [0.1, 0.15) is 0 Å². The first-order valence-electron chi connectivity index (χ1n) is 8.18. The van der Waals surface area contributed by atoms with E-state index in [1.807, 2.05) is 17.5 Å². The predicted molar refractivity (Wildman–Crippen MR) is 97.6 cm³/mol. The second kappa shape index (κ2) is 8.30. The zero-order valence-electron chi connectivity index (χ0n) is 14.2. The van der Waals surface area contributed by atoms with E-state index >= 15 is 0 Å². The third kappa shape index (κ3) is 5.37. The monoisotopic (exact) mass is 394 g/mol. The Balaban J connectivity index is 1.67. The van der Waals surface area contributed by atoms with Gasteiger partial charge in [-0.25, -0.2) is 4.79 Å². The van der Waals surface area contributed by atoms with Gasteiger partial charge in [-0.05, 0) is 48.2 Å². The van der Waals surface area contributed by atoms with Crippen LogP contribution in [0.3, 0.4) is 0 Å². The van der Waals surface area contributed by atoms with Crippen molar-refractivity contribution in [1.29, 1.82) is 0 Å². The number of amides is 2. The Hall–Kier alpha value is -2.74. The average molecular weight is 394 g/mol. The Morgan fingerprint density at radius 3 is 2.52 bits per heavy atom. The molecule has 27 heavy (non-hydrogen) atoms. The molecule has 142 valence electrons. The number of nitrogens with zero attached hydrogens (tertiary/aromatic N) is 1. The molecule has 0 atom stereocenters. The van der Waals surface area contributed by atoms with Crippen LogP contribution in [0.1, 0.15) is 16.0 Å². The lowest BCUT2D eigenvalue weighted by atomic mass is 10.2. The first kappa shape index (κ1) is 19.0. The summed E-state index contributed by atoms with van der Waals surface area (Å²) in [6.07, 6.45) is -0.628. The Morgan fingerprint density at radius 1 is 1.15 bits per heavy atom. The molecule has 0 fully saturated rings. The fourth-order valence-corrected chi connectivity index (χ4v) is 3.20. The minimum atomic E-state index is -4.41. The number of anilines is 1. The molecule has 3 rings (SSSR count). The van der Waals surface area contributed by atoms with Gasteiger partial charge in [-0.15, -0.1) is 11.3 Å². The van der Waals surface area contributed by atoms with Gasteiger partial charge in [0.05, 0.1) is 24.6 Å². The number of carbonyl (C=O) groups is 1. The highest BCUT2D eigenvalue weighted by Gasteiger charge is 2.30. The Labute approximate surface area is 158 Å². The van der Waals surface area contributed by atoms with E-state index in [9.17, 15) is 18.0 Å². The molecule has 3 aromatic rings. The zero-order valence-corrected chi connectivity index (χ0v) is 15.0. The second-order valence-electron chi connectivity index (χ2n) is 5.89. The summed E-state index contributed by atoms with van der Waals surface area (Å²) in [5.41, 5.74) is 0.388. The summed E-state index contributed by atoms with van der Waals surface area (Å²) >= 11 is 1.61. The molecule has 1 N–H and O–H groups in total. The van der Waals surface area contributed by atoms with Crippen LogP contribution in [0.15, 0.2) is 64.8 Å². The lowest BCUT2D eigenvalue weighted by molar-refractivity contribution is -0.137. The number of urea groups is 1. The number of alkyl halides is 3. The van der Waals surface area contributed by atoms with Gasteiger partial charge in [-0.2, -0.15) is 13.2 Å². The van der Waals surface area contributed by atoms with Crippen molar-refractivity contribution >= 4 is 23.1 Å². The Morgan fingerprint density at radius 2 is 1.93 bits per heavy atom. The average Bonchev–Trinajstić information content (AvgIpc) is 3.32. The van der Waals surface area contributed by atoms with Crippen molar-refractivity contribution < 1.29 is 22.4 Å². The number of carbonyl (C=O) groups excluding carboxylic acids is 1. The lowest BCUT2D eigenvalue weighted by Gasteiger charge is -2.22. The molecule has 0 saturated carbocycles. The van der Waals surface area contributed by atoms with Gasteiger partial charge in [0.25, 0.3) is 0 Å². The second-order valence-corrected chi connectivity index (χ2v) is 6.92. The van der Waals surface area contributed by atoms with Crippen molar-refractivity contribution in [3.05, 3.63) is 76.4 Å². The SMILES string of the molecule is O=C(Nc1ccc(C(F)(F)F)cc1)N(CCc1cccs1)Cc1ccoc1. The maximum absolute atomic E-state index is 12.7. The van der Waals surface area contributed by atoms with E-state index in [0.717, 1.165) is 22.6 Å². The van der Waals surface area contributed by atoms with Gasteiger partial charge in [-0.3, -0.25) is 0 Å². The standard InChI is InChI=1S/C19H17F3N2O2S/c20-19(21,22)15-3-5-16(6-4-15)23-18(25)24(12-14-8-10-26-13-14)9-7-17-2-1-11-27-17/h1-6,8,10-11,13H,7,9,12H2,(H,23,25). The molecule has 2 aromatic heterocycles. The predicted octanol–water partition coefficient (Wildman–Crippen LogP) is 5.64. The fraction of sp³-hybridized carbons (Fsp3) is 0.211. The van der Waals surface area contributed by atoms with Crippen LogP contribution in [-0.4, -0.2) is 17.5 Å². The van der Waals surface area contributed by atoms with E-state index in [0.29, 0.717) is 25.2 Å². The Kier molecular flexibility index (Phi) is 5.85. The van der Waals surface area contributed by atoms with Gasteiger partial charge < -0.3 is 14.6 Å². The highest BCUT2D eigenvalue weighted by atomic mass is 32.1. The Bertz CT molecular complexity index is 844. The van der Waals surface area contributed by atoms with Gasteiger partial charge in [-0.1, -0.05) is 6.07 Å². The summed E-state index contributed by atoms with van der Waals surface area (Å²) in [6, 6.07) is 9.71. The highest BCUT2D eigenvalue weighted by Crippen LogP contribution is 2.29. The zero-order chi connectivity index (χ0) is 19.3. The van der Waals surface area contributed by atoms with Crippen LogP contribution in [0.2, 0.25) is 0 Å². The molecule has 0 aliphatic rings. The largest absolute Gasteiger partial charge is 0.472 e. The van der Waals surface area contributed by atoms with Crippen molar-refractivity contribution in [2.45, 2.75) is 19.1 Å². The summed E-state index contributed by atoms with van der Waals surface area (Å²) in [6.45, 7) is 0.812. The molecule has 0 saturated heterocycles. The van der Waals surface area contributed by atoms with Gasteiger partial charge in [0, 0.05) is 22.7 Å². The maximum Gasteiger partial charge on any atom is 0.416 e. The van der Waals surface area contributed by atoms with Crippen LogP contribution in [0.25, 0.3) is 0 Å². The minimum Gasteiger partial charge on any atom is -0.472 e. The molecule has 4 nitrogen and oxygen atoms in total. The smallest absolute Gasteiger partial charge is 0.416 e. The van der Waals surface area contributed by atoms with E-state index < -0.39 is 11.7 Å². The molecular formula is C19H17F3N2O2S. The van der Waals surface area contributed by atoms with Crippen molar-refractivity contribution in [3.8, 4) is 0 Å². The van der Waals surface area contributed by atoms with E-state index in [4.69, 9.17) is 4.42 Å². The van der Waals surface area contributed by atoms with Gasteiger partial charge >= 0.3 is 12.2 Å². The highest BCUT2D eigenvalue weighted by molar-refractivity contribution is 7.09. The molecule has 0 aliphatic carbocycles. The summed E-state index contributed by atoms with van der Waals surface area (Å²) in [7, 11) is 0. The van der Waals surface area contributed by atoms with Crippen molar-refractivity contribution in [2.24, 2.45) is 0 Å². The van der Waals surface area contributed by atoms with Crippen LogP contribution in [0.4, 0.5) is 23.7 Å². The summed E-state index contributed by atoms with van der Waals surface area (Å²) < 4.78 is 43.0. The molecule has 2 heterocycles. The number of rotatable bonds is 6. The summed E-state index contributed by atoms with van der Waals surface area (Å²) in [5, 5.41) is 4.63. The third-order valence-electron chi connectivity index (χ3n) is 3.91. The molecule has 1 aromatic carbocycles. The normalized spacial score (nSPS) is 11.4. The molecule has 0 radical (unpaired) electrons. The number of furan rings is 1. The van der Waals surface area contributed by atoms with Gasteiger partial charge in [0.2, 0.25) is 0 Å². The topological polar surface area (TPSA) is 45.5 Å². The number of thiophene rings is 1. The van der Waals surface area contributed by atoms with Gasteiger partial charge in [0.15, 0.2) is 0 Å². The summed E-state index contributed by atoms with van der Waals surface area (Å²) in [4.78, 5) is 15.4. The molecular weight excluding hydrogens is 377 g/mol. The lowest BCUT2D eigenvalue weighted by Crippen LogP contribution is -2.35.